The summed E-state index contributed by atoms with van der Waals surface area (Å²) in [6.45, 7) is 5.57. The molecule has 7 nitrogen and oxygen atoms in total. The zero-order chi connectivity index (χ0) is 18.0. The molecule has 10 heteroatoms. The minimum absolute atomic E-state index is 0.218. The number of anilines is 1. The molecule has 0 aliphatic carbocycles. The van der Waals surface area contributed by atoms with Gasteiger partial charge in [0.25, 0.3) is 11.1 Å². The summed E-state index contributed by atoms with van der Waals surface area (Å²) >= 11 is 8.45. The molecule has 0 spiro atoms. The zero-order valence-corrected chi connectivity index (χ0v) is 16.0. The molecule has 0 bridgehead atoms. The standard InChI is InChI=1S/C15H14ClN5O2S2/c1-7-12(25-9(3)18-7)14-20-21-15(23-14)24-8(2)13(22)19-11-5-4-10(16)6-17-11/h4-6,8H,1-3H3,(H,17,19,22). The molecular weight excluding hydrogens is 382 g/mol. The molecule has 1 atom stereocenters. The Hall–Kier alpha value is -1.97. The van der Waals surface area contributed by atoms with E-state index in [-0.39, 0.29) is 5.91 Å². The van der Waals surface area contributed by atoms with Crippen LogP contribution in [0.3, 0.4) is 0 Å². The van der Waals surface area contributed by atoms with Crippen LogP contribution in [0.25, 0.3) is 10.8 Å². The van der Waals surface area contributed by atoms with Crippen molar-refractivity contribution in [1.29, 1.82) is 0 Å². The normalized spacial score (nSPS) is 12.2. The van der Waals surface area contributed by atoms with E-state index in [1.165, 1.54) is 29.3 Å². The highest BCUT2D eigenvalue weighted by Crippen LogP contribution is 2.31. The fourth-order valence-electron chi connectivity index (χ4n) is 1.96. The largest absolute Gasteiger partial charge is 0.410 e. The van der Waals surface area contributed by atoms with E-state index in [4.69, 9.17) is 16.0 Å². The van der Waals surface area contributed by atoms with E-state index >= 15 is 0 Å². The number of nitrogens with zero attached hydrogens (tertiary/aromatic N) is 4. The maximum Gasteiger partial charge on any atom is 0.277 e. The minimum atomic E-state index is -0.435. The summed E-state index contributed by atoms with van der Waals surface area (Å²) in [7, 11) is 0. The number of carbonyl (C=O) groups is 1. The lowest BCUT2D eigenvalue weighted by atomic mass is 10.4. The van der Waals surface area contributed by atoms with Gasteiger partial charge in [-0.2, -0.15) is 0 Å². The van der Waals surface area contributed by atoms with Gasteiger partial charge in [-0.3, -0.25) is 4.79 Å². The number of thiazole rings is 1. The fraction of sp³-hybridized carbons (Fsp3) is 0.267. The monoisotopic (exact) mass is 395 g/mol. The van der Waals surface area contributed by atoms with Gasteiger partial charge in [-0.25, -0.2) is 9.97 Å². The predicted molar refractivity (Wildman–Crippen MR) is 98.1 cm³/mol. The molecule has 0 fully saturated rings. The number of thioether (sulfide) groups is 1. The molecule has 0 saturated carbocycles. The summed E-state index contributed by atoms with van der Waals surface area (Å²) in [6, 6.07) is 3.29. The Bertz CT molecular complexity index is 894. The van der Waals surface area contributed by atoms with Crippen molar-refractivity contribution < 1.29 is 9.21 Å². The summed E-state index contributed by atoms with van der Waals surface area (Å²) in [5.41, 5.74) is 0.849. The number of rotatable bonds is 5. The first-order valence-corrected chi connectivity index (χ1v) is 9.37. The van der Waals surface area contributed by atoms with E-state index < -0.39 is 5.25 Å². The van der Waals surface area contributed by atoms with Gasteiger partial charge < -0.3 is 9.73 Å². The lowest BCUT2D eigenvalue weighted by Gasteiger charge is -2.08. The Morgan fingerprint density at radius 2 is 2.16 bits per heavy atom. The molecule has 1 N–H and O–H groups in total. The van der Waals surface area contributed by atoms with Crippen molar-refractivity contribution in [1.82, 2.24) is 20.2 Å². The number of halogens is 1. The second-order valence-electron chi connectivity index (χ2n) is 5.13. The van der Waals surface area contributed by atoms with E-state index in [0.29, 0.717) is 22.0 Å². The van der Waals surface area contributed by atoms with Crippen LogP contribution in [0, 0.1) is 13.8 Å². The van der Waals surface area contributed by atoms with Crippen LogP contribution >= 0.6 is 34.7 Å². The third-order valence-corrected chi connectivity index (χ3v) is 5.35. The molecule has 1 unspecified atom stereocenters. The van der Waals surface area contributed by atoms with Crippen LogP contribution in [0.1, 0.15) is 17.6 Å². The van der Waals surface area contributed by atoms with Crippen molar-refractivity contribution >= 4 is 46.4 Å². The lowest BCUT2D eigenvalue weighted by molar-refractivity contribution is -0.115. The molecule has 130 valence electrons. The fourth-order valence-corrected chi connectivity index (χ4v) is 3.60. The molecule has 3 aromatic rings. The van der Waals surface area contributed by atoms with Gasteiger partial charge in [0, 0.05) is 6.20 Å². The molecule has 3 rings (SSSR count). The number of hydrogen-bond acceptors (Lipinski definition) is 8. The Morgan fingerprint density at radius 3 is 2.80 bits per heavy atom. The molecule has 1 amide bonds. The first-order chi connectivity index (χ1) is 11.9. The number of hydrogen-bond donors (Lipinski definition) is 1. The summed E-state index contributed by atoms with van der Waals surface area (Å²) in [4.78, 5) is 21.5. The van der Waals surface area contributed by atoms with E-state index in [0.717, 1.165) is 15.6 Å². The van der Waals surface area contributed by atoms with Crippen LogP contribution in [0.5, 0.6) is 0 Å². The molecule has 0 aliphatic rings. The van der Waals surface area contributed by atoms with Gasteiger partial charge in [-0.1, -0.05) is 23.4 Å². The van der Waals surface area contributed by atoms with E-state index in [9.17, 15) is 4.79 Å². The molecular formula is C15H14ClN5O2S2. The van der Waals surface area contributed by atoms with Crippen LogP contribution in [-0.4, -0.2) is 31.3 Å². The van der Waals surface area contributed by atoms with Gasteiger partial charge in [0.2, 0.25) is 5.91 Å². The van der Waals surface area contributed by atoms with Crippen LogP contribution < -0.4 is 5.32 Å². The highest BCUT2D eigenvalue weighted by Gasteiger charge is 2.20. The molecule has 0 aromatic carbocycles. The SMILES string of the molecule is Cc1nc(C)c(-c2nnc(SC(C)C(=O)Nc3ccc(Cl)cn3)o2)s1. The number of aryl methyl sites for hydroxylation is 2. The van der Waals surface area contributed by atoms with Gasteiger partial charge in [0.05, 0.1) is 21.0 Å². The van der Waals surface area contributed by atoms with Crippen LogP contribution in [0.4, 0.5) is 5.82 Å². The van der Waals surface area contributed by atoms with E-state index in [1.807, 2.05) is 13.8 Å². The first kappa shape index (κ1) is 17.8. The van der Waals surface area contributed by atoms with Gasteiger partial charge >= 0.3 is 0 Å². The maximum absolute atomic E-state index is 12.2. The average Bonchev–Trinajstić information content (AvgIpc) is 3.15. The lowest BCUT2D eigenvalue weighted by Crippen LogP contribution is -2.22. The quantitative estimate of drug-likeness (QED) is 0.653. The summed E-state index contributed by atoms with van der Waals surface area (Å²) in [5, 5.41) is 12.1. The summed E-state index contributed by atoms with van der Waals surface area (Å²) in [5.74, 6) is 0.630. The van der Waals surface area contributed by atoms with Crippen LogP contribution in [-0.2, 0) is 4.79 Å². The van der Waals surface area contributed by atoms with Crippen molar-refractivity contribution in [3.8, 4) is 10.8 Å². The maximum atomic E-state index is 12.2. The number of carbonyl (C=O) groups excluding carboxylic acids is 1. The topological polar surface area (TPSA) is 93.8 Å². The van der Waals surface area contributed by atoms with E-state index in [2.05, 4.69) is 25.5 Å². The van der Waals surface area contributed by atoms with Gasteiger partial charge in [-0.15, -0.1) is 21.5 Å². The van der Waals surface area contributed by atoms with Crippen LogP contribution in [0.15, 0.2) is 28.0 Å². The second-order valence-corrected chi connectivity index (χ2v) is 8.06. The molecule has 0 radical (unpaired) electrons. The highest BCUT2D eigenvalue weighted by atomic mass is 35.5. The zero-order valence-electron chi connectivity index (χ0n) is 13.6. The number of aromatic nitrogens is 4. The van der Waals surface area contributed by atoms with Crippen molar-refractivity contribution in [2.75, 3.05) is 5.32 Å². The molecule has 3 heterocycles. The van der Waals surface area contributed by atoms with Crippen molar-refractivity contribution in [2.45, 2.75) is 31.2 Å². The molecule has 3 aromatic heterocycles. The number of pyridine rings is 1. The second kappa shape index (κ2) is 7.51. The van der Waals surface area contributed by atoms with Gasteiger partial charge in [0.15, 0.2) is 0 Å². The minimum Gasteiger partial charge on any atom is -0.410 e. The number of nitrogens with one attached hydrogen (secondary N) is 1. The van der Waals surface area contributed by atoms with Crippen molar-refractivity contribution in [3.05, 3.63) is 34.1 Å². The molecule has 0 aliphatic heterocycles. The molecule has 25 heavy (non-hydrogen) atoms. The van der Waals surface area contributed by atoms with E-state index in [1.54, 1.807) is 19.1 Å². The highest BCUT2D eigenvalue weighted by molar-refractivity contribution is 8.00. The predicted octanol–water partition coefficient (Wildman–Crippen LogP) is 3.98. The molecule has 0 saturated heterocycles. The van der Waals surface area contributed by atoms with Crippen LogP contribution in [0.2, 0.25) is 5.02 Å². The third-order valence-electron chi connectivity index (χ3n) is 3.13. The van der Waals surface area contributed by atoms with Crippen molar-refractivity contribution in [3.63, 3.8) is 0 Å². The smallest absolute Gasteiger partial charge is 0.277 e. The Morgan fingerprint density at radius 1 is 1.36 bits per heavy atom. The Kier molecular flexibility index (Phi) is 5.36. The summed E-state index contributed by atoms with van der Waals surface area (Å²) in [6.07, 6.45) is 1.47. The van der Waals surface area contributed by atoms with Gasteiger partial charge in [0.1, 0.15) is 10.7 Å². The first-order valence-electron chi connectivity index (χ1n) is 7.29. The average molecular weight is 396 g/mol. The Balaban J connectivity index is 1.64. The third kappa shape index (κ3) is 4.36. The number of amides is 1. The van der Waals surface area contributed by atoms with Crippen molar-refractivity contribution in [2.24, 2.45) is 0 Å². The van der Waals surface area contributed by atoms with Gasteiger partial charge in [-0.05, 0) is 32.9 Å². The Labute approximate surface area is 157 Å². The summed E-state index contributed by atoms with van der Waals surface area (Å²) < 4.78 is 5.65.